The zero-order valence-electron chi connectivity index (χ0n) is 21.6. The lowest BCUT2D eigenvalue weighted by Gasteiger charge is -2.28. The van der Waals surface area contributed by atoms with E-state index in [0.29, 0.717) is 24.6 Å². The maximum atomic E-state index is 14.0. The van der Waals surface area contributed by atoms with Crippen LogP contribution in [0.2, 0.25) is 0 Å². The molecule has 1 aliphatic heterocycles. The average molecular weight is 501 g/mol. The summed E-state index contributed by atoms with van der Waals surface area (Å²) < 4.78 is 0. The van der Waals surface area contributed by atoms with Crippen molar-refractivity contribution >= 4 is 29.1 Å². The van der Waals surface area contributed by atoms with Gasteiger partial charge in [-0.15, -0.1) is 6.58 Å². The van der Waals surface area contributed by atoms with Crippen molar-refractivity contribution in [3.8, 4) is 0 Å². The molecule has 1 saturated carbocycles. The number of hydrogen-bond donors (Lipinski definition) is 2. The lowest BCUT2D eigenvalue weighted by Crippen LogP contribution is -2.51. The summed E-state index contributed by atoms with van der Waals surface area (Å²) >= 11 is 0. The van der Waals surface area contributed by atoms with Gasteiger partial charge in [-0.25, -0.2) is 4.99 Å². The molecule has 1 heterocycles. The van der Waals surface area contributed by atoms with Crippen LogP contribution in [0.5, 0.6) is 0 Å². The maximum Gasteiger partial charge on any atom is 0.272 e. The highest BCUT2D eigenvalue weighted by molar-refractivity contribution is 6.20. The summed E-state index contributed by atoms with van der Waals surface area (Å²) in [7, 11) is 0. The second kappa shape index (κ2) is 11.5. The monoisotopic (exact) mass is 500 g/mol. The van der Waals surface area contributed by atoms with E-state index in [1.807, 2.05) is 68.4 Å². The van der Waals surface area contributed by atoms with Crippen molar-refractivity contribution in [3.05, 3.63) is 78.4 Å². The Labute approximate surface area is 218 Å². The van der Waals surface area contributed by atoms with Crippen molar-refractivity contribution in [2.24, 2.45) is 34.4 Å². The van der Waals surface area contributed by atoms with E-state index in [-0.39, 0.29) is 18.2 Å². The molecule has 1 aliphatic carbocycles. The summed E-state index contributed by atoms with van der Waals surface area (Å²) in [6.07, 6.45) is 3.38. The number of rotatable bonds is 11. The summed E-state index contributed by atoms with van der Waals surface area (Å²) in [5.74, 6) is -2.05. The molecule has 37 heavy (non-hydrogen) atoms. The van der Waals surface area contributed by atoms with Gasteiger partial charge in [-0.3, -0.25) is 14.4 Å². The lowest BCUT2D eigenvalue weighted by molar-refractivity contribution is -0.135. The largest absolute Gasteiger partial charge is 0.369 e. The number of para-hydroxylation sites is 1. The number of allylic oxidation sites excluding steroid dienone is 1. The summed E-state index contributed by atoms with van der Waals surface area (Å²) in [4.78, 5) is 46.6. The van der Waals surface area contributed by atoms with Gasteiger partial charge in [0.25, 0.3) is 5.91 Å². The molecule has 0 bridgehead atoms. The van der Waals surface area contributed by atoms with Crippen molar-refractivity contribution in [2.45, 2.75) is 45.7 Å². The highest BCUT2D eigenvalue weighted by atomic mass is 16.2. The maximum absolute atomic E-state index is 14.0. The Kier molecular flexibility index (Phi) is 8.21. The van der Waals surface area contributed by atoms with Crippen LogP contribution in [0.4, 0.5) is 5.69 Å². The number of nitrogens with one attached hydrogen (secondary N) is 1. The molecule has 4 rings (SSSR count). The Morgan fingerprint density at radius 1 is 1.11 bits per heavy atom. The fraction of sp³-hybridized carbons (Fsp3) is 0.400. The van der Waals surface area contributed by atoms with Crippen LogP contribution in [-0.2, 0) is 14.4 Å². The van der Waals surface area contributed by atoms with Crippen molar-refractivity contribution < 1.29 is 14.4 Å². The molecule has 0 radical (unpaired) electrons. The van der Waals surface area contributed by atoms with E-state index in [4.69, 9.17) is 10.7 Å². The van der Waals surface area contributed by atoms with Gasteiger partial charge in [0, 0.05) is 17.7 Å². The van der Waals surface area contributed by atoms with Crippen LogP contribution in [0.25, 0.3) is 0 Å². The quantitative estimate of drug-likeness (QED) is 0.455. The first-order valence-electron chi connectivity index (χ1n) is 13.0. The third-order valence-electron chi connectivity index (χ3n) is 7.01. The zero-order chi connectivity index (χ0) is 26.5. The van der Waals surface area contributed by atoms with E-state index in [1.165, 1.54) is 0 Å². The Morgan fingerprint density at radius 3 is 2.41 bits per heavy atom. The zero-order valence-corrected chi connectivity index (χ0v) is 21.6. The number of amides is 3. The predicted octanol–water partition coefficient (Wildman–Crippen LogP) is 4.06. The van der Waals surface area contributed by atoms with Gasteiger partial charge in [0.2, 0.25) is 18.0 Å². The highest BCUT2D eigenvalue weighted by Crippen LogP contribution is 2.35. The number of benzene rings is 2. The SMILES string of the molecule is C=CC[C@H](C(N)=O)[C@@H](CC(C)C)C(=O)NC1N=C(c2ccccc2)c2ccccc2N(CC2CC2)C1=O. The van der Waals surface area contributed by atoms with Crippen LogP contribution >= 0.6 is 0 Å². The van der Waals surface area contributed by atoms with Crippen molar-refractivity contribution in [1.29, 1.82) is 0 Å². The second-order valence-corrected chi connectivity index (χ2v) is 10.4. The summed E-state index contributed by atoms with van der Waals surface area (Å²) in [6.45, 7) is 8.29. The van der Waals surface area contributed by atoms with Gasteiger partial charge >= 0.3 is 0 Å². The molecule has 2 aromatic carbocycles. The van der Waals surface area contributed by atoms with E-state index in [0.717, 1.165) is 29.7 Å². The molecular formula is C30H36N4O3. The van der Waals surface area contributed by atoms with Crippen LogP contribution in [0.15, 0.2) is 72.2 Å². The van der Waals surface area contributed by atoms with Gasteiger partial charge in [0.1, 0.15) is 0 Å². The predicted molar refractivity (Wildman–Crippen MR) is 146 cm³/mol. The molecular weight excluding hydrogens is 464 g/mol. The third kappa shape index (κ3) is 6.16. The van der Waals surface area contributed by atoms with E-state index < -0.39 is 29.8 Å². The van der Waals surface area contributed by atoms with Crippen LogP contribution in [0.1, 0.15) is 50.7 Å². The number of hydrogen-bond acceptors (Lipinski definition) is 4. The molecule has 0 saturated heterocycles. The minimum absolute atomic E-state index is 0.145. The van der Waals surface area contributed by atoms with E-state index in [9.17, 15) is 14.4 Å². The van der Waals surface area contributed by atoms with Gasteiger partial charge in [-0.1, -0.05) is 68.5 Å². The number of benzodiazepines with no additional fused rings is 1. The fourth-order valence-corrected chi connectivity index (χ4v) is 4.96. The number of nitrogens with two attached hydrogens (primary N) is 1. The molecule has 1 fully saturated rings. The first-order valence-corrected chi connectivity index (χ1v) is 13.0. The fourth-order valence-electron chi connectivity index (χ4n) is 4.96. The molecule has 0 spiro atoms. The third-order valence-corrected chi connectivity index (χ3v) is 7.01. The molecule has 3 atom stereocenters. The minimum atomic E-state index is -1.12. The van der Waals surface area contributed by atoms with Gasteiger partial charge in [-0.2, -0.15) is 0 Å². The smallest absolute Gasteiger partial charge is 0.272 e. The van der Waals surface area contributed by atoms with Crippen LogP contribution < -0.4 is 16.0 Å². The number of nitrogens with zero attached hydrogens (tertiary/aromatic N) is 2. The first-order chi connectivity index (χ1) is 17.8. The number of anilines is 1. The van der Waals surface area contributed by atoms with Gasteiger partial charge in [0.15, 0.2) is 0 Å². The number of primary amides is 1. The molecule has 3 N–H and O–H groups in total. The van der Waals surface area contributed by atoms with E-state index in [2.05, 4.69) is 11.9 Å². The average Bonchev–Trinajstić information content (AvgIpc) is 3.72. The number of fused-ring (bicyclic) bond motifs is 1. The molecule has 0 aromatic heterocycles. The Balaban J connectivity index is 1.75. The van der Waals surface area contributed by atoms with Crippen molar-refractivity contribution in [3.63, 3.8) is 0 Å². The lowest BCUT2D eigenvalue weighted by atomic mass is 9.82. The number of aliphatic imine (C=N–C) groups is 1. The number of carbonyl (C=O) groups is 3. The molecule has 1 unspecified atom stereocenters. The van der Waals surface area contributed by atoms with Crippen LogP contribution in [0.3, 0.4) is 0 Å². The topological polar surface area (TPSA) is 105 Å². The summed E-state index contributed by atoms with van der Waals surface area (Å²) in [6, 6.07) is 17.4. The molecule has 7 nitrogen and oxygen atoms in total. The normalized spacial score (nSPS) is 18.9. The van der Waals surface area contributed by atoms with Crippen LogP contribution in [0, 0.1) is 23.7 Å². The molecule has 194 valence electrons. The number of carbonyl (C=O) groups excluding carboxylic acids is 3. The van der Waals surface area contributed by atoms with E-state index >= 15 is 0 Å². The minimum Gasteiger partial charge on any atom is -0.369 e. The summed E-state index contributed by atoms with van der Waals surface area (Å²) in [5.41, 5.74) is 8.83. The molecule has 2 aromatic rings. The van der Waals surface area contributed by atoms with E-state index in [1.54, 1.807) is 11.0 Å². The van der Waals surface area contributed by atoms with Crippen LogP contribution in [-0.4, -0.2) is 36.1 Å². The standard InChI is InChI=1S/C30H36N4O3/c1-4-10-22(27(31)35)24(17-19(2)3)29(36)33-28-30(37)34(18-20-15-16-20)25-14-9-8-13-23(25)26(32-28)21-11-6-5-7-12-21/h4-9,11-14,19-20,22,24,28H,1,10,15-18H2,2-3H3,(H2,31,35)(H,33,36)/t22-,24+,28?/m0/s1. The van der Waals surface area contributed by atoms with Gasteiger partial charge in [-0.05, 0) is 43.6 Å². The second-order valence-electron chi connectivity index (χ2n) is 10.4. The van der Waals surface area contributed by atoms with Crippen molar-refractivity contribution in [1.82, 2.24) is 5.32 Å². The Morgan fingerprint density at radius 2 is 1.78 bits per heavy atom. The first kappa shape index (κ1) is 26.3. The molecule has 2 aliphatic rings. The Hall–Kier alpha value is -3.74. The molecule has 7 heteroatoms. The van der Waals surface area contributed by atoms with Gasteiger partial charge in [0.05, 0.1) is 23.2 Å². The highest BCUT2D eigenvalue weighted by Gasteiger charge is 2.39. The Bertz CT molecular complexity index is 1190. The summed E-state index contributed by atoms with van der Waals surface area (Å²) in [5, 5.41) is 2.91. The van der Waals surface area contributed by atoms with Gasteiger partial charge < -0.3 is 16.0 Å². The van der Waals surface area contributed by atoms with Crippen molar-refractivity contribution in [2.75, 3.05) is 11.4 Å². The molecule has 3 amide bonds.